The Bertz CT molecular complexity index is 360. The molecule has 0 atom stereocenters. The van der Waals surface area contributed by atoms with Crippen LogP contribution in [0.2, 0.25) is 0 Å². The normalized spacial score (nSPS) is 11.5. The third-order valence-electron chi connectivity index (χ3n) is 1.23. The Morgan fingerprint density at radius 1 is 1.17 bits per heavy atom. The smallest absolute Gasteiger partial charge is 0.206 e. The van der Waals surface area contributed by atoms with E-state index in [0.717, 1.165) is 4.47 Å². The van der Waals surface area contributed by atoms with Crippen LogP contribution in [-0.2, 0) is 10.0 Å². The van der Waals surface area contributed by atoms with Gasteiger partial charge in [-0.1, -0.05) is 15.9 Å². The number of nitrogens with one attached hydrogen (secondary N) is 1. The number of halogens is 2. The van der Waals surface area contributed by atoms with Crippen LogP contribution >= 0.6 is 32.1 Å². The van der Waals surface area contributed by atoms with Gasteiger partial charge in [-0.25, -0.2) is 8.42 Å². The van der Waals surface area contributed by atoms with Gasteiger partial charge in [0.1, 0.15) is 0 Å². The van der Waals surface area contributed by atoms with Crippen molar-refractivity contribution in [2.75, 3.05) is 0 Å². The maximum atomic E-state index is 11.1. The first-order valence-electron chi connectivity index (χ1n) is 2.94. The minimum atomic E-state index is -3.37. The molecule has 0 aliphatic heterocycles. The number of hydrogen-bond acceptors (Lipinski definition) is 2. The van der Waals surface area contributed by atoms with Gasteiger partial charge in [-0.15, -0.1) is 3.75 Å². The molecule has 1 aromatic rings. The second-order valence-corrected chi connectivity index (χ2v) is 5.55. The summed E-state index contributed by atoms with van der Waals surface area (Å²) in [5, 5.41) is 0. The highest BCUT2D eigenvalue weighted by Gasteiger charge is 2.10. The second kappa shape index (κ2) is 3.87. The quantitative estimate of drug-likeness (QED) is 0.849. The summed E-state index contributed by atoms with van der Waals surface area (Å²) in [6, 6.07) is 6.34. The highest BCUT2D eigenvalue weighted by molar-refractivity contribution is 9.10. The zero-order valence-electron chi connectivity index (χ0n) is 5.79. The van der Waals surface area contributed by atoms with Crippen molar-refractivity contribution in [3.05, 3.63) is 28.7 Å². The summed E-state index contributed by atoms with van der Waals surface area (Å²) in [5.41, 5.74) is 0. The summed E-state index contributed by atoms with van der Waals surface area (Å²) < 4.78 is 25.2. The lowest BCUT2D eigenvalue weighted by Crippen LogP contribution is -2.12. The molecular formula is C6H5Br2NO2S. The summed E-state index contributed by atoms with van der Waals surface area (Å²) in [5.74, 6) is 0. The molecule has 0 aliphatic rings. The number of rotatable bonds is 2. The van der Waals surface area contributed by atoms with E-state index in [2.05, 4.69) is 32.1 Å². The monoisotopic (exact) mass is 313 g/mol. The average Bonchev–Trinajstić information content (AvgIpc) is 2.05. The van der Waals surface area contributed by atoms with Gasteiger partial charge in [0.05, 0.1) is 4.90 Å². The van der Waals surface area contributed by atoms with E-state index in [1.165, 1.54) is 12.1 Å². The summed E-state index contributed by atoms with van der Waals surface area (Å²) in [6.07, 6.45) is 0. The molecule has 0 aromatic heterocycles. The van der Waals surface area contributed by atoms with Crippen molar-refractivity contribution in [3.8, 4) is 0 Å². The Labute approximate surface area is 87.7 Å². The van der Waals surface area contributed by atoms with E-state index in [-0.39, 0.29) is 4.90 Å². The lowest BCUT2D eigenvalue weighted by molar-refractivity contribution is 0.595. The Morgan fingerprint density at radius 3 is 2.08 bits per heavy atom. The van der Waals surface area contributed by atoms with E-state index in [1.807, 2.05) is 3.75 Å². The van der Waals surface area contributed by atoms with Gasteiger partial charge in [0, 0.05) is 20.6 Å². The van der Waals surface area contributed by atoms with E-state index in [0.29, 0.717) is 0 Å². The van der Waals surface area contributed by atoms with Gasteiger partial charge in [-0.05, 0) is 24.3 Å². The molecule has 12 heavy (non-hydrogen) atoms. The molecule has 0 saturated heterocycles. The first kappa shape index (κ1) is 10.2. The molecule has 0 amide bonds. The summed E-state index contributed by atoms with van der Waals surface area (Å²) in [7, 11) is -3.37. The minimum Gasteiger partial charge on any atom is -0.206 e. The first-order valence-corrected chi connectivity index (χ1v) is 6.01. The Kier molecular flexibility index (Phi) is 3.28. The van der Waals surface area contributed by atoms with Crippen LogP contribution in [-0.4, -0.2) is 8.42 Å². The molecule has 0 heterocycles. The van der Waals surface area contributed by atoms with E-state index in [9.17, 15) is 8.42 Å². The largest absolute Gasteiger partial charge is 0.250 e. The van der Waals surface area contributed by atoms with Crippen molar-refractivity contribution in [2.45, 2.75) is 4.90 Å². The van der Waals surface area contributed by atoms with Gasteiger partial charge in [0.25, 0.3) is 0 Å². The van der Waals surface area contributed by atoms with E-state index < -0.39 is 10.0 Å². The first-order chi connectivity index (χ1) is 5.56. The van der Waals surface area contributed by atoms with Crippen molar-refractivity contribution in [3.63, 3.8) is 0 Å². The fraction of sp³-hybridized carbons (Fsp3) is 0. The summed E-state index contributed by atoms with van der Waals surface area (Å²) >= 11 is 5.88. The van der Waals surface area contributed by atoms with Crippen molar-refractivity contribution in [1.29, 1.82) is 0 Å². The molecule has 6 heteroatoms. The lowest BCUT2D eigenvalue weighted by atomic mass is 10.4. The summed E-state index contributed by atoms with van der Waals surface area (Å²) in [6.45, 7) is 0. The van der Waals surface area contributed by atoms with Gasteiger partial charge in [0.2, 0.25) is 10.0 Å². The van der Waals surface area contributed by atoms with E-state index in [1.54, 1.807) is 12.1 Å². The predicted molar refractivity (Wildman–Crippen MR) is 53.4 cm³/mol. The van der Waals surface area contributed by atoms with E-state index in [4.69, 9.17) is 0 Å². The van der Waals surface area contributed by atoms with Gasteiger partial charge < -0.3 is 0 Å². The van der Waals surface area contributed by atoms with Gasteiger partial charge in [-0.3, -0.25) is 0 Å². The van der Waals surface area contributed by atoms with Crippen molar-refractivity contribution < 1.29 is 8.42 Å². The lowest BCUT2D eigenvalue weighted by Gasteiger charge is -1.99. The highest BCUT2D eigenvalue weighted by Crippen LogP contribution is 2.14. The summed E-state index contributed by atoms with van der Waals surface area (Å²) in [4.78, 5) is 0.225. The zero-order chi connectivity index (χ0) is 9.19. The average molecular weight is 315 g/mol. The van der Waals surface area contributed by atoms with Crippen LogP contribution in [0.4, 0.5) is 0 Å². The van der Waals surface area contributed by atoms with Crippen molar-refractivity contribution in [1.82, 2.24) is 3.75 Å². The molecule has 66 valence electrons. The van der Waals surface area contributed by atoms with Crippen LogP contribution in [0.1, 0.15) is 0 Å². The van der Waals surface area contributed by atoms with Gasteiger partial charge >= 0.3 is 0 Å². The topological polar surface area (TPSA) is 46.2 Å². The molecule has 0 fully saturated rings. The molecule has 1 aromatic carbocycles. The molecule has 0 spiro atoms. The molecular weight excluding hydrogens is 310 g/mol. The fourth-order valence-electron chi connectivity index (χ4n) is 0.658. The molecule has 0 aliphatic carbocycles. The Balaban J connectivity index is 3.14. The van der Waals surface area contributed by atoms with Crippen LogP contribution in [0.3, 0.4) is 0 Å². The number of sulfonamides is 1. The van der Waals surface area contributed by atoms with Crippen LogP contribution in [0.15, 0.2) is 33.6 Å². The minimum absolute atomic E-state index is 0.225. The van der Waals surface area contributed by atoms with Gasteiger partial charge in [0.15, 0.2) is 0 Å². The van der Waals surface area contributed by atoms with E-state index >= 15 is 0 Å². The molecule has 0 bridgehead atoms. The molecule has 1 rings (SSSR count). The number of hydrogen-bond donors (Lipinski definition) is 1. The van der Waals surface area contributed by atoms with Crippen LogP contribution in [0.25, 0.3) is 0 Å². The fourth-order valence-corrected chi connectivity index (χ4v) is 2.07. The van der Waals surface area contributed by atoms with Gasteiger partial charge in [-0.2, -0.15) is 0 Å². The van der Waals surface area contributed by atoms with Crippen molar-refractivity contribution >= 4 is 42.1 Å². The molecule has 0 unspecified atom stereocenters. The predicted octanol–water partition coefficient (Wildman–Crippen LogP) is 2.04. The Hall–Kier alpha value is 0.0900. The van der Waals surface area contributed by atoms with Crippen LogP contribution in [0, 0.1) is 0 Å². The molecule has 3 nitrogen and oxygen atoms in total. The number of benzene rings is 1. The standard InChI is InChI=1S/C6H5Br2NO2S/c7-5-1-3-6(4-2-5)12(10,11)9-8/h1-4,9H. The molecule has 0 saturated carbocycles. The SMILES string of the molecule is O=S(=O)(NBr)c1ccc(Br)cc1. The zero-order valence-corrected chi connectivity index (χ0v) is 9.78. The second-order valence-electron chi connectivity index (χ2n) is 2.03. The maximum absolute atomic E-state index is 11.1. The molecule has 0 radical (unpaired) electrons. The Morgan fingerprint density at radius 2 is 1.67 bits per heavy atom. The van der Waals surface area contributed by atoms with Crippen LogP contribution in [0.5, 0.6) is 0 Å². The van der Waals surface area contributed by atoms with Crippen molar-refractivity contribution in [2.24, 2.45) is 0 Å². The molecule has 1 N–H and O–H groups in total. The highest BCUT2D eigenvalue weighted by atomic mass is 79.9. The third kappa shape index (κ3) is 2.29. The maximum Gasteiger partial charge on any atom is 0.250 e. The van der Waals surface area contributed by atoms with Crippen LogP contribution < -0.4 is 3.75 Å². The third-order valence-corrected chi connectivity index (χ3v) is 4.13.